The summed E-state index contributed by atoms with van der Waals surface area (Å²) in [5, 5.41) is 12.7. The van der Waals surface area contributed by atoms with Crippen molar-refractivity contribution in [2.24, 2.45) is 0 Å². The molecule has 0 amide bonds. The zero-order valence-corrected chi connectivity index (χ0v) is 12.0. The van der Waals surface area contributed by atoms with Crippen molar-refractivity contribution in [2.45, 2.75) is 45.9 Å². The molecule has 0 saturated heterocycles. The maximum Gasteiger partial charge on any atom is 0.181 e. The summed E-state index contributed by atoms with van der Waals surface area (Å²) in [5.41, 5.74) is 0.972. The van der Waals surface area contributed by atoms with Crippen LogP contribution >= 0.6 is 11.6 Å². The smallest absolute Gasteiger partial charge is 0.181 e. The fourth-order valence-electron chi connectivity index (χ4n) is 1.39. The van der Waals surface area contributed by atoms with E-state index in [0.29, 0.717) is 17.3 Å². The Hall–Kier alpha value is -1.24. The molecule has 0 bridgehead atoms. The van der Waals surface area contributed by atoms with Crippen molar-refractivity contribution >= 4 is 11.6 Å². The van der Waals surface area contributed by atoms with Gasteiger partial charge in [-0.25, -0.2) is 0 Å². The predicted molar refractivity (Wildman–Crippen MR) is 73.7 cm³/mol. The molecule has 0 heterocycles. The van der Waals surface area contributed by atoms with Crippen LogP contribution in [0.2, 0.25) is 5.02 Å². The van der Waals surface area contributed by atoms with Crippen LogP contribution in [0.1, 0.15) is 33.3 Å². The van der Waals surface area contributed by atoms with Crippen LogP contribution in [0.3, 0.4) is 0 Å². The van der Waals surface area contributed by atoms with E-state index < -0.39 is 6.10 Å². The zero-order valence-electron chi connectivity index (χ0n) is 11.2. The minimum absolute atomic E-state index is 0.0143. The molecule has 0 aliphatic carbocycles. The van der Waals surface area contributed by atoms with E-state index in [2.05, 4.69) is 26.1 Å². The lowest BCUT2D eigenvalue weighted by Crippen LogP contribution is -2.35. The highest BCUT2D eigenvalue weighted by Crippen LogP contribution is 2.29. The summed E-state index contributed by atoms with van der Waals surface area (Å²) in [4.78, 5) is 0. The highest BCUT2D eigenvalue weighted by Gasteiger charge is 2.14. The molecule has 0 aliphatic heterocycles. The minimum Gasteiger partial charge on any atom is -0.474 e. The molecule has 4 heteroatoms. The standard InChI is InChI=1S/C14H19ClN2O/c1-10(8-16)18-13-11(6-5-7-12(13)15)9-17-14(2,3)4/h5-7,10,17H,9H2,1-4H3. The fraction of sp³-hybridized carbons (Fsp3) is 0.500. The first-order valence-corrected chi connectivity index (χ1v) is 6.30. The number of benzene rings is 1. The molecule has 0 aliphatic rings. The highest BCUT2D eigenvalue weighted by molar-refractivity contribution is 6.32. The van der Waals surface area contributed by atoms with Crippen molar-refractivity contribution in [3.63, 3.8) is 0 Å². The average Bonchev–Trinajstić information content (AvgIpc) is 2.28. The predicted octanol–water partition coefficient (Wildman–Crippen LogP) is 3.52. The normalized spacial score (nSPS) is 12.9. The third-order valence-electron chi connectivity index (χ3n) is 2.33. The first-order chi connectivity index (χ1) is 8.33. The van der Waals surface area contributed by atoms with Crippen LogP contribution in [0.5, 0.6) is 5.75 Å². The van der Waals surface area contributed by atoms with Gasteiger partial charge in [0.1, 0.15) is 11.8 Å². The summed E-state index contributed by atoms with van der Waals surface area (Å²) in [6.07, 6.45) is -0.515. The molecule has 1 unspecified atom stereocenters. The SMILES string of the molecule is CC(C#N)Oc1c(Cl)cccc1CNC(C)(C)C. The number of ether oxygens (including phenoxy) is 1. The second-order valence-electron chi connectivity index (χ2n) is 5.22. The van der Waals surface area contributed by atoms with E-state index >= 15 is 0 Å². The molecule has 0 fully saturated rings. The van der Waals surface area contributed by atoms with E-state index in [1.807, 2.05) is 18.2 Å². The van der Waals surface area contributed by atoms with Crippen LogP contribution in [-0.4, -0.2) is 11.6 Å². The molecule has 3 nitrogen and oxygen atoms in total. The molecular weight excluding hydrogens is 248 g/mol. The summed E-state index contributed by atoms with van der Waals surface area (Å²) in [5.74, 6) is 0.588. The van der Waals surface area contributed by atoms with Gasteiger partial charge in [0.05, 0.1) is 5.02 Å². The largest absolute Gasteiger partial charge is 0.474 e. The van der Waals surface area contributed by atoms with Gasteiger partial charge in [0, 0.05) is 17.6 Å². The second-order valence-corrected chi connectivity index (χ2v) is 5.63. The molecule has 0 aromatic heterocycles. The molecular formula is C14H19ClN2O. The van der Waals surface area contributed by atoms with Crippen molar-refractivity contribution in [2.75, 3.05) is 0 Å². The van der Waals surface area contributed by atoms with Gasteiger partial charge in [-0.05, 0) is 33.8 Å². The van der Waals surface area contributed by atoms with Crippen molar-refractivity contribution in [3.8, 4) is 11.8 Å². The Morgan fingerprint density at radius 1 is 1.44 bits per heavy atom. The number of halogens is 1. The first kappa shape index (κ1) is 14.8. The van der Waals surface area contributed by atoms with Gasteiger partial charge in [0.15, 0.2) is 6.10 Å². The summed E-state index contributed by atoms with van der Waals surface area (Å²) >= 11 is 6.12. The van der Waals surface area contributed by atoms with Gasteiger partial charge in [0.25, 0.3) is 0 Å². The first-order valence-electron chi connectivity index (χ1n) is 5.92. The number of rotatable bonds is 4. The van der Waals surface area contributed by atoms with Crippen molar-refractivity contribution < 1.29 is 4.74 Å². The molecule has 18 heavy (non-hydrogen) atoms. The van der Waals surface area contributed by atoms with Crippen LogP contribution in [0.25, 0.3) is 0 Å². The van der Waals surface area contributed by atoms with Crippen LogP contribution in [0, 0.1) is 11.3 Å². The van der Waals surface area contributed by atoms with Crippen molar-refractivity contribution in [1.29, 1.82) is 5.26 Å². The molecule has 0 spiro atoms. The van der Waals surface area contributed by atoms with Crippen molar-refractivity contribution in [3.05, 3.63) is 28.8 Å². The summed E-state index contributed by atoms with van der Waals surface area (Å²) in [6, 6.07) is 7.63. The van der Waals surface area contributed by atoms with E-state index in [4.69, 9.17) is 21.6 Å². The van der Waals surface area contributed by atoms with E-state index in [9.17, 15) is 0 Å². The van der Waals surface area contributed by atoms with Gasteiger partial charge in [-0.3, -0.25) is 0 Å². The number of hydrogen-bond donors (Lipinski definition) is 1. The van der Waals surface area contributed by atoms with Gasteiger partial charge in [0.2, 0.25) is 0 Å². The number of nitrogens with one attached hydrogen (secondary N) is 1. The molecule has 1 aromatic rings. The van der Waals surface area contributed by atoms with Crippen LogP contribution < -0.4 is 10.1 Å². The molecule has 98 valence electrons. The maximum atomic E-state index is 8.80. The Bertz CT molecular complexity index is 446. The van der Waals surface area contributed by atoms with Crippen LogP contribution in [0.4, 0.5) is 0 Å². The second kappa shape index (κ2) is 6.08. The quantitative estimate of drug-likeness (QED) is 0.907. The summed E-state index contributed by atoms with van der Waals surface area (Å²) < 4.78 is 5.56. The highest BCUT2D eigenvalue weighted by atomic mass is 35.5. The molecule has 1 rings (SSSR count). The van der Waals surface area contributed by atoms with E-state index in [0.717, 1.165) is 5.56 Å². The van der Waals surface area contributed by atoms with Gasteiger partial charge in [-0.15, -0.1) is 0 Å². The van der Waals surface area contributed by atoms with Gasteiger partial charge >= 0.3 is 0 Å². The van der Waals surface area contributed by atoms with Crippen molar-refractivity contribution in [1.82, 2.24) is 5.32 Å². The van der Waals surface area contributed by atoms with Crippen LogP contribution in [-0.2, 0) is 6.54 Å². The zero-order chi connectivity index (χ0) is 13.8. The van der Waals surface area contributed by atoms with Crippen LogP contribution in [0.15, 0.2) is 18.2 Å². The average molecular weight is 267 g/mol. The maximum absolute atomic E-state index is 8.80. The summed E-state index contributed by atoms with van der Waals surface area (Å²) in [6.45, 7) is 8.63. The van der Waals surface area contributed by atoms with E-state index in [1.54, 1.807) is 13.0 Å². The fourth-order valence-corrected chi connectivity index (χ4v) is 1.63. The lowest BCUT2D eigenvalue weighted by molar-refractivity contribution is 0.272. The Kier molecular flexibility index (Phi) is 5.01. The van der Waals surface area contributed by atoms with E-state index in [1.165, 1.54) is 0 Å². The topological polar surface area (TPSA) is 45.0 Å². The minimum atomic E-state index is -0.515. The molecule has 0 saturated carbocycles. The van der Waals surface area contributed by atoms with Gasteiger partial charge in [-0.2, -0.15) is 5.26 Å². The molecule has 1 aromatic carbocycles. The Morgan fingerprint density at radius 2 is 2.11 bits per heavy atom. The third kappa shape index (κ3) is 4.56. The molecule has 0 radical (unpaired) electrons. The third-order valence-corrected chi connectivity index (χ3v) is 2.63. The summed E-state index contributed by atoms with van der Waals surface area (Å²) in [7, 11) is 0. The lowest BCUT2D eigenvalue weighted by Gasteiger charge is -2.22. The number of hydrogen-bond acceptors (Lipinski definition) is 3. The molecule has 1 atom stereocenters. The van der Waals surface area contributed by atoms with Gasteiger partial charge < -0.3 is 10.1 Å². The number of para-hydroxylation sites is 1. The number of nitrogens with zero attached hydrogens (tertiary/aromatic N) is 1. The Labute approximate surface area is 114 Å². The number of nitriles is 1. The van der Waals surface area contributed by atoms with E-state index in [-0.39, 0.29) is 5.54 Å². The Morgan fingerprint density at radius 3 is 2.67 bits per heavy atom. The Balaban J connectivity index is 2.91. The monoisotopic (exact) mass is 266 g/mol. The van der Waals surface area contributed by atoms with Gasteiger partial charge in [-0.1, -0.05) is 23.7 Å². The lowest BCUT2D eigenvalue weighted by atomic mass is 10.1. The molecule has 1 N–H and O–H groups in total.